The zero-order valence-electron chi connectivity index (χ0n) is 25.3. The molecule has 0 saturated carbocycles. The van der Waals surface area contributed by atoms with E-state index in [0.29, 0.717) is 0 Å². The van der Waals surface area contributed by atoms with Crippen molar-refractivity contribution in [3.63, 3.8) is 0 Å². The number of aromatic nitrogens is 2. The summed E-state index contributed by atoms with van der Waals surface area (Å²) in [5.74, 6) is 0. The summed E-state index contributed by atoms with van der Waals surface area (Å²) in [6.45, 7) is 0. The molecule has 0 aliphatic carbocycles. The van der Waals surface area contributed by atoms with Gasteiger partial charge in [-0.2, -0.15) is 0 Å². The average molecular weight is 599 g/mol. The Balaban J connectivity index is 1.46. The smallest absolute Gasteiger partial charge is 0.137 e. The van der Waals surface area contributed by atoms with Gasteiger partial charge in [0.05, 0.1) is 33.1 Å². The molecule has 0 radical (unpaired) electrons. The van der Waals surface area contributed by atoms with Crippen molar-refractivity contribution in [2.45, 2.75) is 0 Å². The molecule has 3 aromatic heterocycles. The molecule has 3 nitrogen and oxygen atoms in total. The Labute approximate surface area is 269 Å². The molecule has 0 amide bonds. The highest BCUT2D eigenvalue weighted by atomic mass is 16.3. The fourth-order valence-corrected chi connectivity index (χ4v) is 8.17. The largest absolute Gasteiger partial charge is 0.456 e. The first kappa shape index (κ1) is 24.9. The van der Waals surface area contributed by atoms with E-state index in [-0.39, 0.29) is 0 Å². The minimum absolute atomic E-state index is 0.899. The Bertz CT molecular complexity index is 3070. The van der Waals surface area contributed by atoms with Gasteiger partial charge < -0.3 is 13.6 Å². The number of hydrogen-bond donors (Lipinski definition) is 0. The lowest BCUT2D eigenvalue weighted by Crippen LogP contribution is -1.97. The van der Waals surface area contributed by atoms with Crippen LogP contribution >= 0.6 is 0 Å². The fraction of sp³-hybridized carbons (Fsp3) is 0. The monoisotopic (exact) mass is 598 g/mol. The number of fused-ring (bicyclic) bond motifs is 14. The summed E-state index contributed by atoms with van der Waals surface area (Å²) in [5.41, 5.74) is 8.89. The van der Waals surface area contributed by atoms with E-state index in [1.54, 1.807) is 0 Å². The number of nitrogens with zero attached hydrogens (tertiary/aromatic N) is 2. The Hall–Kier alpha value is -6.32. The zero-order valence-corrected chi connectivity index (χ0v) is 25.3. The summed E-state index contributed by atoms with van der Waals surface area (Å²) in [7, 11) is 0. The van der Waals surface area contributed by atoms with Crippen LogP contribution in [0.4, 0.5) is 0 Å². The highest BCUT2D eigenvalue weighted by Gasteiger charge is 2.24. The molecule has 0 aliphatic heterocycles. The molecule has 0 spiro atoms. The van der Waals surface area contributed by atoms with Gasteiger partial charge in [-0.1, -0.05) is 109 Å². The molecule has 3 heteroatoms. The quantitative estimate of drug-likeness (QED) is 0.182. The lowest BCUT2D eigenvalue weighted by molar-refractivity contribution is 0.669. The van der Waals surface area contributed by atoms with E-state index in [1.165, 1.54) is 70.8 Å². The van der Waals surface area contributed by atoms with Crippen molar-refractivity contribution < 1.29 is 4.42 Å². The highest BCUT2D eigenvalue weighted by Crippen LogP contribution is 2.46. The second-order valence-corrected chi connectivity index (χ2v) is 12.5. The summed E-state index contributed by atoms with van der Waals surface area (Å²) < 4.78 is 11.5. The summed E-state index contributed by atoms with van der Waals surface area (Å²) in [5, 5.41) is 12.2. The Morgan fingerprint density at radius 1 is 0.362 bits per heavy atom. The predicted octanol–water partition coefficient (Wildman–Crippen LogP) is 12.1. The van der Waals surface area contributed by atoms with Gasteiger partial charge in [-0.15, -0.1) is 0 Å². The molecule has 11 rings (SSSR count). The van der Waals surface area contributed by atoms with Crippen LogP contribution in [0.2, 0.25) is 0 Å². The van der Waals surface area contributed by atoms with E-state index < -0.39 is 0 Å². The first-order chi connectivity index (χ1) is 23.3. The first-order valence-electron chi connectivity index (χ1n) is 16.1. The van der Waals surface area contributed by atoms with Crippen molar-refractivity contribution in [2.75, 3.05) is 0 Å². The molecule has 0 saturated heterocycles. The number of rotatable bonds is 2. The molecule has 0 N–H and O–H groups in total. The maximum absolute atomic E-state index is 6.51. The van der Waals surface area contributed by atoms with Crippen molar-refractivity contribution in [3.8, 4) is 11.4 Å². The first-order valence-corrected chi connectivity index (χ1v) is 16.1. The molecule has 218 valence electrons. The van der Waals surface area contributed by atoms with Gasteiger partial charge in [-0.3, -0.25) is 0 Å². The van der Waals surface area contributed by atoms with E-state index in [0.717, 1.165) is 27.6 Å². The van der Waals surface area contributed by atoms with Crippen LogP contribution in [-0.4, -0.2) is 9.13 Å². The van der Waals surface area contributed by atoms with Crippen LogP contribution in [0.3, 0.4) is 0 Å². The minimum atomic E-state index is 0.899. The van der Waals surface area contributed by atoms with E-state index >= 15 is 0 Å². The van der Waals surface area contributed by atoms with Crippen LogP contribution in [0.5, 0.6) is 0 Å². The summed E-state index contributed by atoms with van der Waals surface area (Å²) >= 11 is 0. The SMILES string of the molecule is c1ccc(-n2c3ccccc3c3c2ccc2c4ccc5oc6ccccc6c5c4n(-c4cc5ccccc5c5ccccc45)c23)cc1. The van der Waals surface area contributed by atoms with E-state index in [9.17, 15) is 0 Å². The third-order valence-corrected chi connectivity index (χ3v) is 10.1. The molecule has 0 atom stereocenters. The molecular weight excluding hydrogens is 572 g/mol. The van der Waals surface area contributed by atoms with Crippen molar-refractivity contribution in [2.24, 2.45) is 0 Å². The lowest BCUT2D eigenvalue weighted by atomic mass is 10.00. The maximum Gasteiger partial charge on any atom is 0.137 e. The van der Waals surface area contributed by atoms with Crippen LogP contribution < -0.4 is 0 Å². The third kappa shape index (κ3) is 3.25. The number of furan rings is 1. The second-order valence-electron chi connectivity index (χ2n) is 12.5. The molecule has 0 unspecified atom stereocenters. The van der Waals surface area contributed by atoms with Gasteiger partial charge in [0.25, 0.3) is 0 Å². The Morgan fingerprint density at radius 2 is 1.00 bits per heavy atom. The van der Waals surface area contributed by atoms with Gasteiger partial charge in [0.2, 0.25) is 0 Å². The zero-order chi connectivity index (χ0) is 30.6. The fourth-order valence-electron chi connectivity index (χ4n) is 8.17. The molecule has 0 aliphatic rings. The second kappa shape index (κ2) is 9.12. The van der Waals surface area contributed by atoms with Crippen LogP contribution in [0.25, 0.3) is 98.5 Å². The maximum atomic E-state index is 6.51. The van der Waals surface area contributed by atoms with E-state index in [1.807, 2.05) is 0 Å². The topological polar surface area (TPSA) is 23.0 Å². The van der Waals surface area contributed by atoms with E-state index in [2.05, 4.69) is 167 Å². The molecule has 47 heavy (non-hydrogen) atoms. The minimum Gasteiger partial charge on any atom is -0.456 e. The van der Waals surface area contributed by atoms with Gasteiger partial charge >= 0.3 is 0 Å². The van der Waals surface area contributed by atoms with Crippen molar-refractivity contribution in [1.29, 1.82) is 0 Å². The molecule has 3 heterocycles. The van der Waals surface area contributed by atoms with Crippen LogP contribution in [0.15, 0.2) is 162 Å². The molecule has 0 fully saturated rings. The van der Waals surface area contributed by atoms with Crippen molar-refractivity contribution >= 4 is 87.1 Å². The molecule has 0 bridgehead atoms. The molecule has 8 aromatic carbocycles. The van der Waals surface area contributed by atoms with Gasteiger partial charge in [0, 0.05) is 38.0 Å². The predicted molar refractivity (Wildman–Crippen MR) is 197 cm³/mol. The number of hydrogen-bond acceptors (Lipinski definition) is 1. The summed E-state index contributed by atoms with van der Waals surface area (Å²) in [4.78, 5) is 0. The summed E-state index contributed by atoms with van der Waals surface area (Å²) in [6, 6.07) is 57.0. The van der Waals surface area contributed by atoms with E-state index in [4.69, 9.17) is 4.42 Å². The van der Waals surface area contributed by atoms with Crippen LogP contribution in [-0.2, 0) is 0 Å². The standard InChI is InChI=1S/C44H26N2O/c1-2-13-28(14-3-1)45-36-20-10-8-18-34(36)41-37(45)24-22-32-33-23-25-40-42(35-19-9-11-21-39(35)47-40)44(33)46(43(32)41)38-26-27-12-4-5-15-29(27)30-16-6-7-17-31(30)38/h1-26H. The van der Waals surface area contributed by atoms with Gasteiger partial charge in [0.1, 0.15) is 11.2 Å². The van der Waals surface area contributed by atoms with Crippen LogP contribution in [0.1, 0.15) is 0 Å². The Morgan fingerprint density at radius 3 is 1.85 bits per heavy atom. The Kier molecular flexibility index (Phi) is 4.84. The number of benzene rings is 8. The molecule has 11 aromatic rings. The third-order valence-electron chi connectivity index (χ3n) is 10.1. The lowest BCUT2D eigenvalue weighted by Gasteiger charge is -2.15. The van der Waals surface area contributed by atoms with Crippen molar-refractivity contribution in [3.05, 3.63) is 158 Å². The highest BCUT2D eigenvalue weighted by molar-refractivity contribution is 6.31. The summed E-state index contributed by atoms with van der Waals surface area (Å²) in [6.07, 6.45) is 0. The average Bonchev–Trinajstić information content (AvgIpc) is 3.79. The van der Waals surface area contributed by atoms with Crippen LogP contribution in [0, 0.1) is 0 Å². The molecular formula is C44H26N2O. The normalized spacial score (nSPS) is 12.3. The van der Waals surface area contributed by atoms with Gasteiger partial charge in [0.15, 0.2) is 0 Å². The van der Waals surface area contributed by atoms with Crippen molar-refractivity contribution in [1.82, 2.24) is 9.13 Å². The van der Waals surface area contributed by atoms with Gasteiger partial charge in [-0.25, -0.2) is 0 Å². The van der Waals surface area contributed by atoms with Gasteiger partial charge in [-0.05, 0) is 64.7 Å². The number of para-hydroxylation sites is 3.